The summed E-state index contributed by atoms with van der Waals surface area (Å²) in [5, 5.41) is 9.41. The minimum Gasteiger partial charge on any atom is -0.490 e. The quantitative estimate of drug-likeness (QED) is 0.801. The average Bonchev–Trinajstić information content (AvgIpc) is 2.84. The Balaban J connectivity index is 2.01. The monoisotopic (exact) mass is 317 g/mol. The number of hydrogen-bond donors (Lipinski definition) is 1. The summed E-state index contributed by atoms with van der Waals surface area (Å²) in [5.41, 5.74) is -0.474. The van der Waals surface area contributed by atoms with Gasteiger partial charge in [0, 0.05) is 25.2 Å². The van der Waals surface area contributed by atoms with Crippen LogP contribution in [0.25, 0.3) is 0 Å². The molecule has 1 aromatic heterocycles. The van der Waals surface area contributed by atoms with Crippen molar-refractivity contribution in [3.63, 3.8) is 0 Å². The van der Waals surface area contributed by atoms with Crippen LogP contribution in [0.2, 0.25) is 0 Å². The number of rotatable bonds is 7. The lowest BCUT2D eigenvalue weighted by atomic mass is 9.83. The summed E-state index contributed by atoms with van der Waals surface area (Å²) < 4.78 is 35.8. The summed E-state index contributed by atoms with van der Waals surface area (Å²) in [6.07, 6.45) is 5.74. The van der Waals surface area contributed by atoms with Crippen molar-refractivity contribution in [2.45, 2.75) is 32.7 Å². The summed E-state index contributed by atoms with van der Waals surface area (Å²) >= 11 is 0. The van der Waals surface area contributed by atoms with E-state index in [9.17, 15) is 8.42 Å². The number of primary sulfonamides is 1. The van der Waals surface area contributed by atoms with Gasteiger partial charge in [0.15, 0.2) is 5.75 Å². The molecular weight excluding hydrogens is 294 g/mol. The highest BCUT2D eigenvalue weighted by Crippen LogP contribution is 2.32. The Morgan fingerprint density at radius 2 is 2.19 bits per heavy atom. The Morgan fingerprint density at radius 3 is 2.81 bits per heavy atom. The molecule has 7 nitrogen and oxygen atoms in total. The van der Waals surface area contributed by atoms with Gasteiger partial charge in [-0.3, -0.25) is 4.68 Å². The number of aromatic nitrogens is 2. The van der Waals surface area contributed by atoms with E-state index < -0.39 is 15.4 Å². The molecule has 2 rings (SSSR count). The molecular formula is C13H23N3O4S. The van der Waals surface area contributed by atoms with E-state index in [1.165, 1.54) is 0 Å². The molecule has 120 valence electrons. The van der Waals surface area contributed by atoms with Gasteiger partial charge in [-0.05, 0) is 19.3 Å². The van der Waals surface area contributed by atoms with E-state index in [1.54, 1.807) is 6.20 Å². The van der Waals surface area contributed by atoms with Gasteiger partial charge in [-0.15, -0.1) is 0 Å². The van der Waals surface area contributed by atoms with Gasteiger partial charge < -0.3 is 9.47 Å². The number of sulfonamides is 1. The van der Waals surface area contributed by atoms with E-state index in [1.807, 2.05) is 10.9 Å². The zero-order valence-corrected chi connectivity index (χ0v) is 13.1. The maximum Gasteiger partial charge on any atom is 0.209 e. The van der Waals surface area contributed by atoms with E-state index in [0.717, 1.165) is 13.0 Å². The Morgan fingerprint density at radius 1 is 1.48 bits per heavy atom. The normalized spacial score (nSPS) is 18.6. The fourth-order valence-corrected chi connectivity index (χ4v) is 3.79. The maximum atomic E-state index is 11.5. The molecule has 0 aromatic carbocycles. The van der Waals surface area contributed by atoms with E-state index in [-0.39, 0.29) is 5.75 Å². The Labute approximate surface area is 125 Å². The SMILES string of the molecule is CCCn1cc(OCC2(CS(N)(=O)=O)CCOCC2)cn1. The highest BCUT2D eigenvalue weighted by molar-refractivity contribution is 7.89. The van der Waals surface area contributed by atoms with Crippen LogP contribution in [-0.2, 0) is 21.3 Å². The molecule has 0 spiro atoms. The second-order valence-corrected chi connectivity index (χ2v) is 7.26. The topological polar surface area (TPSA) is 96.4 Å². The molecule has 0 aliphatic carbocycles. The molecule has 0 amide bonds. The lowest BCUT2D eigenvalue weighted by molar-refractivity contribution is 0.00208. The minimum absolute atomic E-state index is 0.0769. The summed E-state index contributed by atoms with van der Waals surface area (Å²) in [4.78, 5) is 0. The second kappa shape index (κ2) is 6.76. The van der Waals surface area contributed by atoms with Crippen LogP contribution in [0.15, 0.2) is 12.4 Å². The molecule has 0 unspecified atom stereocenters. The smallest absolute Gasteiger partial charge is 0.209 e. The summed E-state index contributed by atoms with van der Waals surface area (Å²) in [5.74, 6) is 0.579. The van der Waals surface area contributed by atoms with E-state index in [0.29, 0.717) is 38.4 Å². The number of ether oxygens (including phenoxy) is 2. The molecule has 1 saturated heterocycles. The number of hydrogen-bond acceptors (Lipinski definition) is 5. The number of nitrogens with two attached hydrogens (primary N) is 1. The number of nitrogens with zero attached hydrogens (tertiary/aromatic N) is 2. The molecule has 1 aromatic rings. The van der Waals surface area contributed by atoms with Crippen molar-refractivity contribution < 1.29 is 17.9 Å². The highest BCUT2D eigenvalue weighted by Gasteiger charge is 2.37. The molecule has 8 heteroatoms. The summed E-state index contributed by atoms with van der Waals surface area (Å²) in [6, 6.07) is 0. The van der Waals surface area contributed by atoms with Crippen LogP contribution < -0.4 is 9.88 Å². The van der Waals surface area contributed by atoms with E-state index >= 15 is 0 Å². The van der Waals surface area contributed by atoms with E-state index in [4.69, 9.17) is 14.6 Å². The first-order valence-electron chi connectivity index (χ1n) is 7.16. The van der Waals surface area contributed by atoms with Crippen LogP contribution in [0, 0.1) is 5.41 Å². The van der Waals surface area contributed by atoms with Gasteiger partial charge in [0.05, 0.1) is 24.8 Å². The van der Waals surface area contributed by atoms with Gasteiger partial charge in [0.25, 0.3) is 0 Å². The number of aryl methyl sites for hydroxylation is 1. The lowest BCUT2D eigenvalue weighted by Gasteiger charge is -2.35. The predicted molar refractivity (Wildman–Crippen MR) is 78.5 cm³/mol. The van der Waals surface area contributed by atoms with Crippen LogP contribution in [0.5, 0.6) is 5.75 Å². The van der Waals surface area contributed by atoms with Crippen molar-refractivity contribution >= 4 is 10.0 Å². The first kappa shape index (κ1) is 16.3. The Kier molecular flexibility index (Phi) is 5.23. The third-order valence-corrected chi connectivity index (χ3v) is 4.68. The first-order valence-corrected chi connectivity index (χ1v) is 8.87. The van der Waals surface area contributed by atoms with Crippen LogP contribution >= 0.6 is 0 Å². The molecule has 1 fully saturated rings. The third-order valence-electron chi connectivity index (χ3n) is 3.67. The molecule has 1 aliphatic heterocycles. The van der Waals surface area contributed by atoms with Gasteiger partial charge in [-0.1, -0.05) is 6.92 Å². The Bertz CT molecular complexity index is 550. The summed E-state index contributed by atoms with van der Waals surface area (Å²) in [6.45, 7) is 4.29. The molecule has 0 atom stereocenters. The first-order chi connectivity index (χ1) is 9.92. The van der Waals surface area contributed by atoms with Crippen molar-refractivity contribution in [3.05, 3.63) is 12.4 Å². The average molecular weight is 317 g/mol. The molecule has 0 saturated carbocycles. The predicted octanol–water partition coefficient (Wildman–Crippen LogP) is 0.757. The van der Waals surface area contributed by atoms with Crippen molar-refractivity contribution in [3.8, 4) is 5.75 Å². The second-order valence-electron chi connectivity index (χ2n) is 5.65. The third kappa shape index (κ3) is 4.98. The summed E-state index contributed by atoms with van der Waals surface area (Å²) in [7, 11) is -3.55. The molecule has 21 heavy (non-hydrogen) atoms. The fourth-order valence-electron chi connectivity index (χ4n) is 2.57. The molecule has 1 aliphatic rings. The zero-order chi connectivity index (χ0) is 15.3. The van der Waals surface area contributed by atoms with Crippen LogP contribution in [-0.4, -0.2) is 43.8 Å². The van der Waals surface area contributed by atoms with Gasteiger partial charge in [0.1, 0.15) is 0 Å². The van der Waals surface area contributed by atoms with Crippen molar-refractivity contribution in [1.82, 2.24) is 9.78 Å². The molecule has 2 heterocycles. The van der Waals surface area contributed by atoms with Crippen LogP contribution in [0.1, 0.15) is 26.2 Å². The lowest BCUT2D eigenvalue weighted by Crippen LogP contribution is -2.42. The van der Waals surface area contributed by atoms with Crippen molar-refractivity contribution in [1.29, 1.82) is 0 Å². The Hall–Kier alpha value is -1.12. The van der Waals surface area contributed by atoms with Gasteiger partial charge in [-0.25, -0.2) is 13.6 Å². The fraction of sp³-hybridized carbons (Fsp3) is 0.769. The van der Waals surface area contributed by atoms with Crippen LogP contribution in [0.3, 0.4) is 0 Å². The molecule has 2 N–H and O–H groups in total. The maximum absolute atomic E-state index is 11.5. The molecule has 0 bridgehead atoms. The minimum atomic E-state index is -3.55. The van der Waals surface area contributed by atoms with Crippen LogP contribution in [0.4, 0.5) is 0 Å². The van der Waals surface area contributed by atoms with Crippen molar-refractivity contribution in [2.75, 3.05) is 25.6 Å². The van der Waals surface area contributed by atoms with E-state index in [2.05, 4.69) is 12.0 Å². The highest BCUT2D eigenvalue weighted by atomic mass is 32.2. The zero-order valence-electron chi connectivity index (χ0n) is 12.3. The largest absolute Gasteiger partial charge is 0.490 e. The van der Waals surface area contributed by atoms with Gasteiger partial charge in [0.2, 0.25) is 10.0 Å². The van der Waals surface area contributed by atoms with Gasteiger partial charge >= 0.3 is 0 Å². The van der Waals surface area contributed by atoms with Crippen molar-refractivity contribution in [2.24, 2.45) is 10.6 Å². The standard InChI is InChI=1S/C13H23N3O4S/c1-2-5-16-9-12(8-15-16)20-10-13(11-21(14,17)18)3-6-19-7-4-13/h8-9H,2-7,10-11H2,1H3,(H2,14,17,18). The molecule has 0 radical (unpaired) electrons. The van der Waals surface area contributed by atoms with Gasteiger partial charge in [-0.2, -0.15) is 5.10 Å².